The van der Waals surface area contributed by atoms with Gasteiger partial charge in [-0.3, -0.25) is 4.79 Å². The van der Waals surface area contributed by atoms with Gasteiger partial charge in [0.05, 0.1) is 11.5 Å². The number of benzene rings is 1. The van der Waals surface area contributed by atoms with Crippen molar-refractivity contribution in [1.82, 2.24) is 0 Å². The maximum absolute atomic E-state index is 12.4. The Hall–Kier alpha value is -2.53. The van der Waals surface area contributed by atoms with Gasteiger partial charge in [0.2, 0.25) is 0 Å². The summed E-state index contributed by atoms with van der Waals surface area (Å²) in [5.41, 5.74) is 1.47. The van der Waals surface area contributed by atoms with Crippen LogP contribution < -0.4 is 4.74 Å². The summed E-state index contributed by atoms with van der Waals surface area (Å²) in [6.07, 6.45) is 5.56. The van der Waals surface area contributed by atoms with Crippen molar-refractivity contribution in [1.29, 1.82) is 0 Å². The summed E-state index contributed by atoms with van der Waals surface area (Å²) in [5, 5.41) is 0.0620. The topological polar surface area (TPSA) is 65.7 Å². The Balaban J connectivity index is 1.63. The molecule has 1 aliphatic rings. The average molecular weight is 389 g/mol. The summed E-state index contributed by atoms with van der Waals surface area (Å²) >= 11 is 5.89. The molecule has 0 unspecified atom stereocenters. The molecule has 0 spiro atoms. The molecule has 0 aliphatic heterocycles. The van der Waals surface area contributed by atoms with Crippen LogP contribution in [0.4, 0.5) is 0 Å². The van der Waals surface area contributed by atoms with E-state index in [1.54, 1.807) is 12.1 Å². The van der Waals surface area contributed by atoms with Gasteiger partial charge in [0.25, 0.3) is 0 Å². The van der Waals surface area contributed by atoms with Crippen LogP contribution in [-0.4, -0.2) is 11.9 Å². The summed E-state index contributed by atoms with van der Waals surface area (Å²) < 4.78 is 16.0. The second kappa shape index (κ2) is 8.44. The number of halogens is 1. The highest BCUT2D eigenvalue weighted by atomic mass is 35.5. The quantitative estimate of drug-likeness (QED) is 0.526. The van der Waals surface area contributed by atoms with E-state index in [4.69, 9.17) is 25.5 Å². The van der Waals surface area contributed by atoms with Crippen LogP contribution in [0.25, 0.3) is 0 Å². The molecule has 0 radical (unpaired) electrons. The van der Waals surface area contributed by atoms with E-state index in [2.05, 4.69) is 6.92 Å². The molecule has 142 valence electrons. The molecule has 27 heavy (non-hydrogen) atoms. The lowest BCUT2D eigenvalue weighted by molar-refractivity contribution is -0.137. The number of hydrogen-bond acceptors (Lipinski definition) is 5. The Morgan fingerprint density at radius 2 is 1.93 bits per heavy atom. The molecule has 3 rings (SSSR count). The highest BCUT2D eigenvalue weighted by molar-refractivity contribution is 6.29. The lowest BCUT2D eigenvalue weighted by Gasteiger charge is -2.18. The minimum atomic E-state index is -0.496. The number of furan rings is 1. The van der Waals surface area contributed by atoms with Gasteiger partial charge in [-0.2, -0.15) is 0 Å². The van der Waals surface area contributed by atoms with Crippen molar-refractivity contribution in [3.8, 4) is 5.75 Å². The smallest absolute Gasteiger partial charge is 0.338 e. The summed E-state index contributed by atoms with van der Waals surface area (Å²) in [4.78, 5) is 24.5. The van der Waals surface area contributed by atoms with Crippen molar-refractivity contribution in [2.45, 2.75) is 33.3 Å². The molecule has 1 aromatic carbocycles. The third-order valence-electron chi connectivity index (χ3n) is 4.48. The maximum Gasteiger partial charge on any atom is 0.338 e. The molecule has 5 nitrogen and oxygen atoms in total. The highest BCUT2D eigenvalue weighted by Crippen LogP contribution is 2.30. The van der Waals surface area contributed by atoms with Crippen LogP contribution in [0.3, 0.4) is 0 Å². The van der Waals surface area contributed by atoms with Crippen LogP contribution >= 0.6 is 11.6 Å². The molecule has 2 aromatic rings. The van der Waals surface area contributed by atoms with Gasteiger partial charge in [-0.05, 0) is 49.4 Å². The van der Waals surface area contributed by atoms with E-state index in [1.807, 2.05) is 31.2 Å². The predicted molar refractivity (Wildman–Crippen MR) is 101 cm³/mol. The molecule has 2 atom stereocenters. The van der Waals surface area contributed by atoms with Crippen LogP contribution in [0.15, 0.2) is 46.9 Å². The van der Waals surface area contributed by atoms with Crippen molar-refractivity contribution in [2.24, 2.45) is 11.8 Å². The molecule has 1 heterocycles. The molecule has 0 amide bonds. The van der Waals surface area contributed by atoms with E-state index in [0.717, 1.165) is 18.4 Å². The van der Waals surface area contributed by atoms with Crippen LogP contribution in [0.2, 0.25) is 5.22 Å². The predicted octanol–water partition coefficient (Wildman–Crippen LogP) is 5.11. The lowest BCUT2D eigenvalue weighted by Crippen LogP contribution is -2.22. The van der Waals surface area contributed by atoms with Gasteiger partial charge >= 0.3 is 11.9 Å². The Kier molecular flexibility index (Phi) is 6.01. The van der Waals surface area contributed by atoms with E-state index < -0.39 is 5.97 Å². The standard InChI is InChI=1S/C21H21ClO5/c1-13-3-7-15(8-4-13)20(23)25-12-18-17(11-19(22)26-18)27-21(24)16-9-5-14(2)6-10-16/h3-5,7-9,11,14,16H,6,10,12H2,1-2H3/t14-,16+/m1/s1. The average Bonchev–Trinajstić information content (AvgIpc) is 3.00. The SMILES string of the molecule is Cc1ccc(C(=O)OCc2oc(Cl)cc2OC(=O)[C@H]2C=C[C@@H](C)CC2)cc1. The van der Waals surface area contributed by atoms with E-state index in [9.17, 15) is 9.59 Å². The molecule has 1 aromatic heterocycles. The molecule has 1 aliphatic carbocycles. The van der Waals surface area contributed by atoms with E-state index in [0.29, 0.717) is 11.5 Å². The van der Waals surface area contributed by atoms with Crippen molar-refractivity contribution in [3.05, 3.63) is 64.6 Å². The first kappa shape index (κ1) is 19.2. The second-order valence-electron chi connectivity index (χ2n) is 6.75. The van der Waals surface area contributed by atoms with Gasteiger partial charge in [-0.25, -0.2) is 4.79 Å². The van der Waals surface area contributed by atoms with E-state index in [1.165, 1.54) is 6.07 Å². The van der Waals surface area contributed by atoms with Gasteiger partial charge in [0, 0.05) is 6.07 Å². The third kappa shape index (κ3) is 5.01. The van der Waals surface area contributed by atoms with Crippen molar-refractivity contribution < 1.29 is 23.5 Å². The van der Waals surface area contributed by atoms with E-state index in [-0.39, 0.29) is 35.2 Å². The fourth-order valence-electron chi connectivity index (χ4n) is 2.81. The minimum absolute atomic E-state index is 0.0620. The number of ether oxygens (including phenoxy) is 2. The number of rotatable bonds is 5. The lowest BCUT2D eigenvalue weighted by atomic mass is 9.90. The van der Waals surface area contributed by atoms with Crippen molar-refractivity contribution in [2.75, 3.05) is 0 Å². The van der Waals surface area contributed by atoms with Crippen molar-refractivity contribution >= 4 is 23.5 Å². The number of aryl methyl sites for hydroxylation is 1. The van der Waals surface area contributed by atoms with Gasteiger partial charge in [0.15, 0.2) is 23.3 Å². The Morgan fingerprint density at radius 3 is 2.59 bits per heavy atom. The van der Waals surface area contributed by atoms with E-state index >= 15 is 0 Å². The van der Waals surface area contributed by atoms with Crippen LogP contribution in [-0.2, 0) is 16.1 Å². The number of carbonyl (C=O) groups excluding carboxylic acids is 2. The first-order chi connectivity index (χ1) is 12.9. The zero-order chi connectivity index (χ0) is 19.4. The van der Waals surface area contributed by atoms with Gasteiger partial charge in [0.1, 0.15) is 0 Å². The summed E-state index contributed by atoms with van der Waals surface area (Å²) in [6.45, 7) is 3.86. The fraction of sp³-hybridized carbons (Fsp3) is 0.333. The van der Waals surface area contributed by atoms with Crippen LogP contribution in [0.5, 0.6) is 5.75 Å². The Labute approximate surface area is 162 Å². The molecular weight excluding hydrogens is 368 g/mol. The number of esters is 2. The van der Waals surface area contributed by atoms with Gasteiger partial charge in [-0.1, -0.05) is 36.8 Å². The largest absolute Gasteiger partial charge is 0.454 e. The molecular formula is C21H21ClO5. The second-order valence-corrected chi connectivity index (χ2v) is 7.12. The molecule has 0 bridgehead atoms. The normalized spacial score (nSPS) is 18.9. The summed E-state index contributed by atoms with van der Waals surface area (Å²) in [6, 6.07) is 8.43. The molecule has 0 saturated carbocycles. The molecule has 0 fully saturated rings. The Morgan fingerprint density at radius 1 is 1.19 bits per heavy atom. The Bertz CT molecular complexity index is 850. The highest BCUT2D eigenvalue weighted by Gasteiger charge is 2.24. The molecule has 0 saturated heterocycles. The minimum Gasteiger partial charge on any atom is -0.454 e. The first-order valence-corrected chi connectivity index (χ1v) is 9.22. The maximum atomic E-state index is 12.4. The molecule has 0 N–H and O–H groups in total. The zero-order valence-corrected chi connectivity index (χ0v) is 16.0. The van der Waals surface area contributed by atoms with Crippen molar-refractivity contribution in [3.63, 3.8) is 0 Å². The summed E-state index contributed by atoms with van der Waals surface area (Å²) in [5.74, 6) is -0.326. The first-order valence-electron chi connectivity index (χ1n) is 8.84. The molecule has 6 heteroatoms. The number of allylic oxidation sites excluding steroid dienone is 1. The summed E-state index contributed by atoms with van der Waals surface area (Å²) in [7, 11) is 0. The zero-order valence-electron chi connectivity index (χ0n) is 15.2. The number of carbonyl (C=O) groups is 2. The third-order valence-corrected chi connectivity index (χ3v) is 4.67. The van der Waals surface area contributed by atoms with Crippen LogP contribution in [0.1, 0.15) is 41.4 Å². The van der Waals surface area contributed by atoms with Crippen LogP contribution in [0, 0.1) is 18.8 Å². The fourth-order valence-corrected chi connectivity index (χ4v) is 3.00. The number of hydrogen-bond donors (Lipinski definition) is 0. The van der Waals surface area contributed by atoms with Gasteiger partial charge in [-0.15, -0.1) is 0 Å². The van der Waals surface area contributed by atoms with Gasteiger partial charge < -0.3 is 13.9 Å². The monoisotopic (exact) mass is 388 g/mol.